The number of nitrogens with zero attached hydrogens (tertiary/aromatic N) is 3. The van der Waals surface area contributed by atoms with E-state index >= 15 is 0 Å². The van der Waals surface area contributed by atoms with Gasteiger partial charge in [0.05, 0.1) is 17.6 Å². The highest BCUT2D eigenvalue weighted by molar-refractivity contribution is 9.10. The van der Waals surface area contributed by atoms with Crippen LogP contribution in [-0.2, 0) is 13.1 Å². The monoisotopic (exact) mass is 481 g/mol. The van der Waals surface area contributed by atoms with Crippen LogP contribution in [0.25, 0.3) is 11.0 Å². The Balaban J connectivity index is 1.96. The molecule has 0 spiro atoms. The molecule has 0 aliphatic rings. The van der Waals surface area contributed by atoms with Crippen LogP contribution in [0.5, 0.6) is 0 Å². The summed E-state index contributed by atoms with van der Waals surface area (Å²) in [6, 6.07) is 7.69. The van der Waals surface area contributed by atoms with Crippen LogP contribution in [0, 0.1) is 5.92 Å². The van der Waals surface area contributed by atoms with Crippen LogP contribution in [0.1, 0.15) is 49.1 Å². The van der Waals surface area contributed by atoms with Gasteiger partial charge in [-0.3, -0.25) is 4.79 Å². The Bertz CT molecular complexity index is 966. The standard InChI is InChI=1S/C21H25BrClN3OS/c1-4-9-26-18-12-15(23)5-6-17(18)24-19(26)13-25(10-7-14(2)3)21(27)20-16(22)8-11-28-20/h5-6,8,11-12,14H,4,7,9-10,13H2,1-3H3. The van der Waals surface area contributed by atoms with Crippen LogP contribution >= 0.6 is 38.9 Å². The molecule has 1 amide bonds. The molecule has 3 rings (SSSR count). The molecule has 28 heavy (non-hydrogen) atoms. The van der Waals surface area contributed by atoms with Crippen molar-refractivity contribution in [3.05, 3.63) is 49.8 Å². The van der Waals surface area contributed by atoms with Gasteiger partial charge < -0.3 is 9.47 Å². The number of benzene rings is 1. The minimum atomic E-state index is 0.0515. The van der Waals surface area contributed by atoms with Gasteiger partial charge in [-0.05, 0) is 64.3 Å². The molecule has 2 aromatic heterocycles. The van der Waals surface area contributed by atoms with E-state index in [4.69, 9.17) is 16.6 Å². The van der Waals surface area contributed by atoms with E-state index in [2.05, 4.69) is 41.3 Å². The Morgan fingerprint density at radius 2 is 2.14 bits per heavy atom. The number of amides is 1. The fourth-order valence-corrected chi connectivity index (χ4v) is 4.84. The SMILES string of the molecule is CCCn1c(CN(CCC(C)C)C(=O)c2sccc2Br)nc2ccc(Cl)cc21. The zero-order valence-electron chi connectivity index (χ0n) is 16.4. The second kappa shape index (κ2) is 9.42. The van der Waals surface area contributed by atoms with E-state index in [0.29, 0.717) is 24.0 Å². The predicted octanol–water partition coefficient (Wildman–Crippen LogP) is 6.61. The fourth-order valence-electron chi connectivity index (χ4n) is 3.17. The van der Waals surface area contributed by atoms with Crippen molar-refractivity contribution in [1.29, 1.82) is 0 Å². The second-order valence-corrected chi connectivity index (χ2v) is 9.53. The van der Waals surface area contributed by atoms with Crippen molar-refractivity contribution in [2.45, 2.75) is 46.7 Å². The van der Waals surface area contributed by atoms with E-state index in [1.807, 2.05) is 34.5 Å². The Morgan fingerprint density at radius 3 is 2.79 bits per heavy atom. The summed E-state index contributed by atoms with van der Waals surface area (Å²) in [7, 11) is 0. The number of fused-ring (bicyclic) bond motifs is 1. The van der Waals surface area contributed by atoms with Crippen molar-refractivity contribution in [3.63, 3.8) is 0 Å². The molecular weight excluding hydrogens is 458 g/mol. The van der Waals surface area contributed by atoms with Gasteiger partial charge in [0.25, 0.3) is 5.91 Å². The normalized spacial score (nSPS) is 11.5. The van der Waals surface area contributed by atoms with Gasteiger partial charge in [0, 0.05) is 22.6 Å². The molecule has 1 aromatic carbocycles. The van der Waals surface area contributed by atoms with Crippen LogP contribution in [0.15, 0.2) is 34.1 Å². The average molecular weight is 483 g/mol. The average Bonchev–Trinajstić information content (AvgIpc) is 3.22. The molecule has 2 heterocycles. The van der Waals surface area contributed by atoms with Crippen LogP contribution in [0.2, 0.25) is 5.02 Å². The third-order valence-corrected chi connectivity index (χ3v) is 6.70. The number of halogens is 2. The lowest BCUT2D eigenvalue weighted by molar-refractivity contribution is 0.0733. The molecular formula is C21H25BrClN3OS. The number of thiophene rings is 1. The number of aromatic nitrogens is 2. The van der Waals surface area contributed by atoms with Gasteiger partial charge in [0.1, 0.15) is 10.7 Å². The summed E-state index contributed by atoms with van der Waals surface area (Å²) in [5.41, 5.74) is 1.94. The van der Waals surface area contributed by atoms with Crippen LogP contribution < -0.4 is 0 Å². The summed E-state index contributed by atoms with van der Waals surface area (Å²) in [4.78, 5) is 20.7. The van der Waals surface area contributed by atoms with Gasteiger partial charge in [-0.25, -0.2) is 4.98 Å². The lowest BCUT2D eigenvalue weighted by atomic mass is 10.1. The van der Waals surface area contributed by atoms with Crippen molar-refractivity contribution in [2.75, 3.05) is 6.54 Å². The van der Waals surface area contributed by atoms with Crippen LogP contribution in [0.3, 0.4) is 0 Å². The Hall–Kier alpha value is -1.37. The lowest BCUT2D eigenvalue weighted by Crippen LogP contribution is -2.33. The Kier molecular flexibility index (Phi) is 7.18. The number of hydrogen-bond donors (Lipinski definition) is 0. The number of aryl methyl sites for hydroxylation is 1. The van der Waals surface area contributed by atoms with Gasteiger partial charge in [-0.2, -0.15) is 0 Å². The van der Waals surface area contributed by atoms with Gasteiger partial charge in [0.15, 0.2) is 0 Å². The summed E-state index contributed by atoms with van der Waals surface area (Å²) in [6.45, 7) is 8.54. The minimum Gasteiger partial charge on any atom is -0.330 e. The van der Waals surface area contributed by atoms with Crippen molar-refractivity contribution in [3.8, 4) is 0 Å². The molecule has 7 heteroatoms. The van der Waals surface area contributed by atoms with Crippen molar-refractivity contribution in [1.82, 2.24) is 14.5 Å². The van der Waals surface area contributed by atoms with Crippen molar-refractivity contribution < 1.29 is 4.79 Å². The number of imidazole rings is 1. The first-order valence-electron chi connectivity index (χ1n) is 9.57. The molecule has 4 nitrogen and oxygen atoms in total. The molecule has 0 bridgehead atoms. The van der Waals surface area contributed by atoms with E-state index < -0.39 is 0 Å². The fraction of sp³-hybridized carbons (Fsp3) is 0.429. The lowest BCUT2D eigenvalue weighted by Gasteiger charge is -2.23. The second-order valence-electron chi connectivity index (χ2n) is 7.32. The molecule has 0 radical (unpaired) electrons. The molecule has 150 valence electrons. The van der Waals surface area contributed by atoms with Gasteiger partial charge in [-0.15, -0.1) is 11.3 Å². The predicted molar refractivity (Wildman–Crippen MR) is 121 cm³/mol. The van der Waals surface area contributed by atoms with E-state index in [9.17, 15) is 4.79 Å². The van der Waals surface area contributed by atoms with Crippen molar-refractivity contribution in [2.24, 2.45) is 5.92 Å². The first-order valence-corrected chi connectivity index (χ1v) is 11.6. The molecule has 3 aromatic rings. The van der Waals surface area contributed by atoms with Gasteiger partial charge in [-0.1, -0.05) is 32.4 Å². The summed E-state index contributed by atoms with van der Waals surface area (Å²) in [5, 5.41) is 2.64. The smallest absolute Gasteiger partial charge is 0.265 e. The van der Waals surface area contributed by atoms with Gasteiger partial charge >= 0.3 is 0 Å². The largest absolute Gasteiger partial charge is 0.330 e. The van der Waals surface area contributed by atoms with Crippen LogP contribution in [0.4, 0.5) is 0 Å². The Morgan fingerprint density at radius 1 is 1.36 bits per heavy atom. The third kappa shape index (κ3) is 4.78. The van der Waals surface area contributed by atoms with E-state index in [1.165, 1.54) is 11.3 Å². The molecule has 0 saturated heterocycles. The minimum absolute atomic E-state index is 0.0515. The zero-order chi connectivity index (χ0) is 20.3. The quantitative estimate of drug-likeness (QED) is 0.362. The van der Waals surface area contributed by atoms with Crippen LogP contribution in [-0.4, -0.2) is 26.9 Å². The highest BCUT2D eigenvalue weighted by Gasteiger charge is 2.22. The summed E-state index contributed by atoms with van der Waals surface area (Å²) in [5.74, 6) is 1.48. The van der Waals surface area contributed by atoms with E-state index in [0.717, 1.165) is 45.6 Å². The maximum atomic E-state index is 13.2. The number of carbonyl (C=O) groups excluding carboxylic acids is 1. The topological polar surface area (TPSA) is 38.1 Å². The highest BCUT2D eigenvalue weighted by Crippen LogP contribution is 2.27. The van der Waals surface area contributed by atoms with Crippen molar-refractivity contribution >= 4 is 55.8 Å². The Labute approximate surface area is 183 Å². The number of rotatable bonds is 8. The van der Waals surface area contributed by atoms with Gasteiger partial charge in [0.2, 0.25) is 0 Å². The zero-order valence-corrected chi connectivity index (χ0v) is 19.6. The summed E-state index contributed by atoms with van der Waals surface area (Å²) >= 11 is 11.2. The molecule has 0 saturated carbocycles. The maximum Gasteiger partial charge on any atom is 0.265 e. The molecule has 0 aliphatic carbocycles. The molecule has 0 aliphatic heterocycles. The molecule has 0 unspecified atom stereocenters. The number of hydrogen-bond acceptors (Lipinski definition) is 3. The summed E-state index contributed by atoms with van der Waals surface area (Å²) in [6.07, 6.45) is 1.94. The summed E-state index contributed by atoms with van der Waals surface area (Å²) < 4.78 is 3.05. The van der Waals surface area contributed by atoms with E-state index in [1.54, 1.807) is 0 Å². The number of carbonyl (C=O) groups is 1. The maximum absolute atomic E-state index is 13.2. The molecule has 0 atom stereocenters. The molecule has 0 N–H and O–H groups in total. The first kappa shape index (κ1) is 21.3. The molecule has 0 fully saturated rings. The first-order chi connectivity index (χ1) is 13.4. The highest BCUT2D eigenvalue weighted by atomic mass is 79.9. The third-order valence-electron chi connectivity index (χ3n) is 4.64. The van der Waals surface area contributed by atoms with E-state index in [-0.39, 0.29) is 5.91 Å².